The van der Waals surface area contributed by atoms with Crippen molar-refractivity contribution in [2.24, 2.45) is 0 Å². The smallest absolute Gasteiger partial charge is 0.305 e. The number of hydrogen-bond donors (Lipinski definition) is 0. The molecular weight excluding hydrogens is 332 g/mol. The molecule has 0 aromatic rings. The summed E-state index contributed by atoms with van der Waals surface area (Å²) in [6.45, 7) is 2.92. The van der Waals surface area contributed by atoms with Crippen molar-refractivity contribution in [2.45, 2.75) is 64.2 Å². The molecule has 0 atom stereocenters. The lowest BCUT2D eigenvalue weighted by atomic mass is 10.1. The van der Waals surface area contributed by atoms with E-state index in [2.05, 4.69) is 9.80 Å². The molecule has 0 spiro atoms. The van der Waals surface area contributed by atoms with Crippen LogP contribution in [0.4, 0.5) is 0 Å². The number of esters is 2. The first-order chi connectivity index (χ1) is 12.4. The van der Waals surface area contributed by atoms with Crippen LogP contribution in [-0.2, 0) is 19.1 Å². The van der Waals surface area contributed by atoms with Gasteiger partial charge >= 0.3 is 11.9 Å². The average molecular weight is 373 g/mol. The van der Waals surface area contributed by atoms with Gasteiger partial charge in [-0.1, -0.05) is 25.7 Å². The van der Waals surface area contributed by atoms with Gasteiger partial charge in [-0.2, -0.15) is 0 Å². The summed E-state index contributed by atoms with van der Waals surface area (Å²) in [4.78, 5) is 27.3. The fourth-order valence-corrected chi connectivity index (χ4v) is 2.52. The lowest BCUT2D eigenvalue weighted by molar-refractivity contribution is -0.144. The number of carbonyl (C=O) groups is 2. The zero-order valence-corrected chi connectivity index (χ0v) is 17.4. The molecule has 154 valence electrons. The molecule has 0 aliphatic heterocycles. The third kappa shape index (κ3) is 19.2. The first-order valence-electron chi connectivity index (χ1n) is 10.0. The van der Waals surface area contributed by atoms with Crippen molar-refractivity contribution in [3.05, 3.63) is 0 Å². The molecule has 0 fully saturated rings. The number of unbranched alkanes of at least 4 members (excludes halogenated alkanes) is 5. The molecule has 0 saturated heterocycles. The maximum Gasteiger partial charge on any atom is 0.305 e. The molecule has 0 saturated carbocycles. The van der Waals surface area contributed by atoms with Gasteiger partial charge in [0.1, 0.15) is 0 Å². The van der Waals surface area contributed by atoms with Gasteiger partial charge < -0.3 is 19.3 Å². The maximum absolute atomic E-state index is 11.6. The Balaban J connectivity index is 3.30. The molecule has 6 nitrogen and oxygen atoms in total. The average Bonchev–Trinajstić information content (AvgIpc) is 2.57. The van der Waals surface area contributed by atoms with Crippen molar-refractivity contribution < 1.29 is 19.1 Å². The number of hydrogen-bond acceptors (Lipinski definition) is 6. The monoisotopic (exact) mass is 372 g/mol. The minimum Gasteiger partial charge on any atom is -0.466 e. The highest BCUT2D eigenvalue weighted by Crippen LogP contribution is 2.09. The van der Waals surface area contributed by atoms with Gasteiger partial charge in [0, 0.05) is 25.9 Å². The number of carbonyl (C=O) groups excluding carboxylic acids is 2. The largest absolute Gasteiger partial charge is 0.466 e. The number of ether oxygens (including phenoxy) is 2. The second kappa shape index (κ2) is 17.3. The molecule has 0 aliphatic rings. The van der Waals surface area contributed by atoms with Crippen molar-refractivity contribution in [1.29, 1.82) is 0 Å². The molecule has 0 aromatic carbocycles. The van der Waals surface area contributed by atoms with Gasteiger partial charge in [0.25, 0.3) is 0 Å². The molecule has 0 N–H and O–H groups in total. The van der Waals surface area contributed by atoms with Crippen LogP contribution in [-0.4, -0.2) is 76.2 Å². The zero-order chi connectivity index (χ0) is 19.6. The van der Waals surface area contributed by atoms with Crippen LogP contribution >= 0.6 is 0 Å². The topological polar surface area (TPSA) is 59.1 Å². The predicted octanol–water partition coefficient (Wildman–Crippen LogP) is 3.10. The standard InChI is InChI=1S/C20H40N2O4/c1-21(2)15-11-17-25-19(23)13-9-7-5-6-8-10-14-20(24)26-18-12-16-22(3)4/h5-18H2,1-4H3. The van der Waals surface area contributed by atoms with Crippen LogP contribution in [0.3, 0.4) is 0 Å². The molecule has 0 bridgehead atoms. The van der Waals surface area contributed by atoms with Gasteiger partial charge in [-0.15, -0.1) is 0 Å². The Labute approximate surface area is 160 Å². The highest BCUT2D eigenvalue weighted by Gasteiger charge is 2.04. The van der Waals surface area contributed by atoms with Gasteiger partial charge in [-0.05, 0) is 53.9 Å². The van der Waals surface area contributed by atoms with Crippen molar-refractivity contribution in [3.8, 4) is 0 Å². The summed E-state index contributed by atoms with van der Waals surface area (Å²) < 4.78 is 10.4. The lowest BCUT2D eigenvalue weighted by Gasteiger charge is -2.09. The van der Waals surface area contributed by atoms with E-state index in [0.717, 1.165) is 64.5 Å². The Bertz CT molecular complexity index is 326. The van der Waals surface area contributed by atoms with E-state index in [1.54, 1.807) is 0 Å². The molecule has 0 radical (unpaired) electrons. The van der Waals surface area contributed by atoms with E-state index < -0.39 is 0 Å². The molecule has 6 heteroatoms. The lowest BCUT2D eigenvalue weighted by Crippen LogP contribution is -2.16. The van der Waals surface area contributed by atoms with Crippen molar-refractivity contribution in [3.63, 3.8) is 0 Å². The second-order valence-corrected chi connectivity index (χ2v) is 7.38. The molecule has 0 heterocycles. The van der Waals surface area contributed by atoms with E-state index >= 15 is 0 Å². The van der Waals surface area contributed by atoms with Gasteiger partial charge in [0.2, 0.25) is 0 Å². The van der Waals surface area contributed by atoms with Crippen molar-refractivity contribution >= 4 is 11.9 Å². The quantitative estimate of drug-likeness (QED) is 0.289. The highest BCUT2D eigenvalue weighted by atomic mass is 16.5. The summed E-state index contributed by atoms with van der Waals surface area (Å²) in [6, 6.07) is 0. The molecule has 0 aliphatic carbocycles. The first-order valence-corrected chi connectivity index (χ1v) is 10.0. The van der Waals surface area contributed by atoms with Crippen molar-refractivity contribution in [2.75, 3.05) is 54.5 Å². The van der Waals surface area contributed by atoms with Crippen LogP contribution < -0.4 is 0 Å². The summed E-state index contributed by atoms with van der Waals surface area (Å²) in [6.07, 6.45) is 8.87. The van der Waals surface area contributed by atoms with Crippen LogP contribution in [0.1, 0.15) is 64.2 Å². The van der Waals surface area contributed by atoms with E-state index in [0.29, 0.717) is 26.1 Å². The van der Waals surface area contributed by atoms with Crippen molar-refractivity contribution in [1.82, 2.24) is 9.80 Å². The molecule has 0 unspecified atom stereocenters. The van der Waals surface area contributed by atoms with E-state index in [9.17, 15) is 9.59 Å². The van der Waals surface area contributed by atoms with Crippen LogP contribution in [0.15, 0.2) is 0 Å². The Hall–Kier alpha value is -1.14. The fraction of sp³-hybridized carbons (Fsp3) is 0.900. The molecule has 0 aromatic heterocycles. The summed E-state index contributed by atoms with van der Waals surface area (Å²) in [5.41, 5.74) is 0. The van der Waals surface area contributed by atoms with E-state index in [1.807, 2.05) is 28.2 Å². The third-order valence-electron chi connectivity index (χ3n) is 4.04. The number of nitrogens with zero attached hydrogens (tertiary/aromatic N) is 2. The fourth-order valence-electron chi connectivity index (χ4n) is 2.52. The van der Waals surface area contributed by atoms with E-state index in [1.165, 1.54) is 0 Å². The Morgan fingerprint density at radius 2 is 0.923 bits per heavy atom. The van der Waals surface area contributed by atoms with Gasteiger partial charge in [0.05, 0.1) is 13.2 Å². The van der Waals surface area contributed by atoms with E-state index in [-0.39, 0.29) is 11.9 Å². The molecule has 26 heavy (non-hydrogen) atoms. The third-order valence-corrected chi connectivity index (χ3v) is 4.04. The van der Waals surface area contributed by atoms with Crippen LogP contribution in [0, 0.1) is 0 Å². The van der Waals surface area contributed by atoms with Gasteiger partial charge in [0.15, 0.2) is 0 Å². The minimum atomic E-state index is -0.0826. The maximum atomic E-state index is 11.6. The summed E-state index contributed by atoms with van der Waals surface area (Å²) in [5.74, 6) is -0.165. The van der Waals surface area contributed by atoms with Gasteiger partial charge in [-0.3, -0.25) is 9.59 Å². The number of rotatable bonds is 17. The molecule has 0 rings (SSSR count). The Morgan fingerprint density at radius 1 is 0.577 bits per heavy atom. The van der Waals surface area contributed by atoms with Gasteiger partial charge in [-0.25, -0.2) is 0 Å². The minimum absolute atomic E-state index is 0.0826. The van der Waals surface area contributed by atoms with Crippen LogP contribution in [0.2, 0.25) is 0 Å². The molecular formula is C20H40N2O4. The SMILES string of the molecule is CN(C)CCCOC(=O)CCCCCCCCC(=O)OCCCN(C)C. The zero-order valence-electron chi connectivity index (χ0n) is 17.4. The molecule has 0 amide bonds. The van der Waals surface area contributed by atoms with Crippen LogP contribution in [0.5, 0.6) is 0 Å². The summed E-state index contributed by atoms with van der Waals surface area (Å²) >= 11 is 0. The van der Waals surface area contributed by atoms with Crippen LogP contribution in [0.25, 0.3) is 0 Å². The highest BCUT2D eigenvalue weighted by molar-refractivity contribution is 5.69. The second-order valence-electron chi connectivity index (χ2n) is 7.38. The normalized spacial score (nSPS) is 11.2. The van der Waals surface area contributed by atoms with E-state index in [4.69, 9.17) is 9.47 Å². The summed E-state index contributed by atoms with van der Waals surface area (Å²) in [7, 11) is 8.04. The first kappa shape index (κ1) is 24.9. The Kier molecular flexibility index (Phi) is 16.5. The Morgan fingerprint density at radius 3 is 1.27 bits per heavy atom. The predicted molar refractivity (Wildman–Crippen MR) is 105 cm³/mol. The summed E-state index contributed by atoms with van der Waals surface area (Å²) in [5, 5.41) is 0.